The van der Waals surface area contributed by atoms with Crippen molar-refractivity contribution in [1.29, 1.82) is 0 Å². The zero-order valence-corrected chi connectivity index (χ0v) is 21.9. The van der Waals surface area contributed by atoms with Crippen molar-refractivity contribution in [3.63, 3.8) is 0 Å². The molecule has 0 bridgehead atoms. The van der Waals surface area contributed by atoms with Gasteiger partial charge in [-0.3, -0.25) is 0 Å². The highest BCUT2D eigenvalue weighted by Gasteiger charge is 2.48. The van der Waals surface area contributed by atoms with Gasteiger partial charge >= 0.3 is 0 Å². The summed E-state index contributed by atoms with van der Waals surface area (Å²) in [6.07, 6.45) is -12.6. The van der Waals surface area contributed by atoms with Crippen LogP contribution < -0.4 is 0 Å². The number of rotatable bonds is 9. The van der Waals surface area contributed by atoms with Gasteiger partial charge in [0.25, 0.3) is 0 Å². The van der Waals surface area contributed by atoms with Crippen molar-refractivity contribution < 1.29 is 59.8 Å². The van der Waals surface area contributed by atoms with E-state index < -0.39 is 80.7 Å². The van der Waals surface area contributed by atoms with Gasteiger partial charge in [0, 0.05) is 0 Å². The van der Waals surface area contributed by atoms with Crippen LogP contribution in [0.2, 0.25) is 0 Å². The van der Waals surface area contributed by atoms with Crippen LogP contribution in [-0.4, -0.2) is 128 Å². The van der Waals surface area contributed by atoms with Gasteiger partial charge < -0.3 is 59.8 Å². The van der Waals surface area contributed by atoms with Crippen molar-refractivity contribution in [2.45, 2.75) is 127 Å². The first-order valence-corrected chi connectivity index (χ1v) is 12.9. The van der Waals surface area contributed by atoms with E-state index in [4.69, 9.17) is 18.9 Å². The fourth-order valence-electron chi connectivity index (χ4n) is 5.56. The number of allylic oxidation sites excluding steroid dienone is 1. The van der Waals surface area contributed by atoms with Crippen molar-refractivity contribution >= 4 is 0 Å². The van der Waals surface area contributed by atoms with Gasteiger partial charge in [-0.1, -0.05) is 25.0 Å². The lowest BCUT2D eigenvalue weighted by molar-refractivity contribution is -0.336. The van der Waals surface area contributed by atoms with E-state index in [-0.39, 0.29) is 11.5 Å². The van der Waals surface area contributed by atoms with E-state index >= 15 is 0 Å². The minimum absolute atomic E-state index is 0.217. The van der Waals surface area contributed by atoms with E-state index in [0.29, 0.717) is 19.3 Å². The highest BCUT2D eigenvalue weighted by atomic mass is 16.7. The fourth-order valence-corrected chi connectivity index (χ4v) is 5.56. The minimum Gasteiger partial charge on any atom is -0.394 e. The van der Waals surface area contributed by atoms with Crippen molar-refractivity contribution in [2.24, 2.45) is 5.41 Å². The van der Waals surface area contributed by atoms with Crippen molar-refractivity contribution in [3.05, 3.63) is 11.1 Å². The van der Waals surface area contributed by atoms with E-state index in [1.165, 1.54) is 5.57 Å². The van der Waals surface area contributed by atoms with Crippen LogP contribution in [0, 0.1) is 5.41 Å². The summed E-state index contributed by atoms with van der Waals surface area (Å²) in [5.41, 5.74) is 2.18. The molecule has 8 N–H and O–H groups in total. The SMILES string of the molecule is CC1=C(CCC(C)O)C(C)(C)C[C@H](O[C@@H]2O[C@H](CO[C@@H]3O[C@H](CO)[C@@H](O)[C@H](O)[C@H]3O)[C@@H](O)[C@H](O)[C@H]2O)C1. The van der Waals surface area contributed by atoms with Crippen LogP contribution in [0.1, 0.15) is 53.4 Å². The molecule has 0 amide bonds. The maximum Gasteiger partial charge on any atom is 0.186 e. The van der Waals surface area contributed by atoms with E-state index in [1.54, 1.807) is 6.92 Å². The molecule has 0 spiro atoms. The van der Waals surface area contributed by atoms with Crippen LogP contribution >= 0.6 is 0 Å². The molecular formula is C25H44O12. The molecule has 216 valence electrons. The summed E-state index contributed by atoms with van der Waals surface area (Å²) in [6.45, 7) is 6.93. The molecule has 1 aliphatic carbocycles. The Labute approximate surface area is 217 Å². The summed E-state index contributed by atoms with van der Waals surface area (Å²) in [5.74, 6) is 0. The van der Waals surface area contributed by atoms with Crippen molar-refractivity contribution in [1.82, 2.24) is 0 Å². The average Bonchev–Trinajstić information content (AvgIpc) is 2.82. The van der Waals surface area contributed by atoms with E-state index in [2.05, 4.69) is 13.8 Å². The van der Waals surface area contributed by atoms with Crippen LogP contribution in [0.25, 0.3) is 0 Å². The van der Waals surface area contributed by atoms with Gasteiger partial charge in [0.1, 0.15) is 48.8 Å². The van der Waals surface area contributed by atoms with E-state index in [9.17, 15) is 40.9 Å². The minimum atomic E-state index is -1.64. The molecule has 0 radical (unpaired) electrons. The van der Waals surface area contributed by atoms with Crippen LogP contribution in [0.3, 0.4) is 0 Å². The summed E-state index contributed by atoms with van der Waals surface area (Å²) in [6, 6.07) is 0. The molecule has 0 aromatic heterocycles. The van der Waals surface area contributed by atoms with Crippen LogP contribution in [0.5, 0.6) is 0 Å². The highest BCUT2D eigenvalue weighted by molar-refractivity contribution is 5.24. The van der Waals surface area contributed by atoms with Crippen LogP contribution in [-0.2, 0) is 18.9 Å². The predicted octanol–water partition coefficient (Wildman–Crippen LogP) is -1.71. The smallest absolute Gasteiger partial charge is 0.186 e. The molecule has 2 aliphatic heterocycles. The topological polar surface area (TPSA) is 199 Å². The lowest BCUT2D eigenvalue weighted by atomic mass is 9.70. The number of aliphatic hydroxyl groups excluding tert-OH is 8. The van der Waals surface area contributed by atoms with Gasteiger partial charge in [-0.15, -0.1) is 0 Å². The normalized spacial score (nSPS) is 43.6. The Morgan fingerprint density at radius 1 is 0.892 bits per heavy atom. The Balaban J connectivity index is 1.64. The van der Waals surface area contributed by atoms with Crippen molar-refractivity contribution in [2.75, 3.05) is 13.2 Å². The Kier molecular flexibility index (Phi) is 10.5. The Hall–Kier alpha value is -0.740. The zero-order chi connectivity index (χ0) is 27.7. The van der Waals surface area contributed by atoms with E-state index in [0.717, 1.165) is 12.0 Å². The Bertz CT molecular complexity index is 771. The maximum atomic E-state index is 10.5. The first kappa shape index (κ1) is 30.8. The van der Waals surface area contributed by atoms with E-state index in [1.807, 2.05) is 6.92 Å². The number of hydrogen-bond acceptors (Lipinski definition) is 12. The zero-order valence-electron chi connectivity index (χ0n) is 21.9. The molecular weight excluding hydrogens is 492 g/mol. The second-order valence-corrected chi connectivity index (χ2v) is 11.2. The quantitative estimate of drug-likeness (QED) is 0.156. The first-order chi connectivity index (χ1) is 17.3. The Morgan fingerprint density at radius 2 is 1.46 bits per heavy atom. The first-order valence-electron chi connectivity index (χ1n) is 12.9. The number of hydrogen-bond donors (Lipinski definition) is 8. The third-order valence-corrected chi connectivity index (χ3v) is 7.68. The number of aliphatic hydroxyl groups is 8. The molecule has 0 aromatic rings. The summed E-state index contributed by atoms with van der Waals surface area (Å²) in [5, 5.41) is 80.5. The van der Waals surface area contributed by atoms with Gasteiger partial charge in [-0.05, 0) is 44.9 Å². The highest BCUT2D eigenvalue weighted by Crippen LogP contribution is 2.44. The third kappa shape index (κ3) is 7.07. The predicted molar refractivity (Wildman–Crippen MR) is 128 cm³/mol. The second-order valence-electron chi connectivity index (χ2n) is 11.2. The van der Waals surface area contributed by atoms with Gasteiger partial charge in [-0.2, -0.15) is 0 Å². The molecule has 2 heterocycles. The average molecular weight is 537 g/mol. The Morgan fingerprint density at radius 3 is 2.03 bits per heavy atom. The molecule has 3 rings (SSSR count). The summed E-state index contributed by atoms with van der Waals surface area (Å²) >= 11 is 0. The molecule has 0 saturated carbocycles. The van der Waals surface area contributed by atoms with Gasteiger partial charge in [-0.25, -0.2) is 0 Å². The molecule has 2 saturated heterocycles. The molecule has 12 atom stereocenters. The lowest BCUT2D eigenvalue weighted by Crippen LogP contribution is -2.62. The monoisotopic (exact) mass is 536 g/mol. The molecule has 37 heavy (non-hydrogen) atoms. The molecule has 3 aliphatic rings. The molecule has 1 unspecified atom stereocenters. The maximum absolute atomic E-state index is 10.5. The molecule has 0 aromatic carbocycles. The van der Waals surface area contributed by atoms with Gasteiger partial charge in [0.15, 0.2) is 12.6 Å². The fraction of sp³-hybridized carbons (Fsp3) is 0.920. The standard InChI is InChI=1S/C25H44O12/c1-11-7-13(8-25(3,4)14(11)6-5-12(2)27)35-24-22(33)20(31)18(29)16(37-24)10-34-23-21(32)19(30)17(28)15(9-26)36-23/h12-13,15-24,26-33H,5-10H2,1-4H3/t12?,13-,15-,16-,17-,18-,19+,20+,21-,22-,23-,24-/m1/s1. The number of ether oxygens (including phenoxy) is 4. The third-order valence-electron chi connectivity index (χ3n) is 7.68. The van der Waals surface area contributed by atoms with Crippen LogP contribution in [0.15, 0.2) is 11.1 Å². The van der Waals surface area contributed by atoms with Crippen LogP contribution in [0.4, 0.5) is 0 Å². The largest absolute Gasteiger partial charge is 0.394 e. The summed E-state index contributed by atoms with van der Waals surface area (Å²) in [4.78, 5) is 0. The van der Waals surface area contributed by atoms with Crippen molar-refractivity contribution in [3.8, 4) is 0 Å². The molecule has 12 nitrogen and oxygen atoms in total. The summed E-state index contributed by atoms with van der Waals surface area (Å²) in [7, 11) is 0. The molecule has 2 fully saturated rings. The second kappa shape index (κ2) is 12.6. The summed E-state index contributed by atoms with van der Waals surface area (Å²) < 4.78 is 22.6. The lowest BCUT2D eigenvalue weighted by Gasteiger charge is -2.45. The molecule has 12 heteroatoms. The van der Waals surface area contributed by atoms with Gasteiger partial charge in [0.05, 0.1) is 25.4 Å². The van der Waals surface area contributed by atoms with Gasteiger partial charge in [0.2, 0.25) is 0 Å².